The van der Waals surface area contributed by atoms with Gasteiger partial charge in [0.1, 0.15) is 5.69 Å². The molecular formula is C16H25N5O3. The second-order valence-corrected chi connectivity index (χ2v) is 6.88. The van der Waals surface area contributed by atoms with Crippen LogP contribution in [0.15, 0.2) is 4.79 Å². The maximum Gasteiger partial charge on any atom is 0.274 e. The molecule has 0 aromatic carbocycles. The van der Waals surface area contributed by atoms with Crippen LogP contribution in [0.1, 0.15) is 44.2 Å². The average Bonchev–Trinajstić information content (AvgIpc) is 2.95. The molecule has 2 atom stereocenters. The Hall–Kier alpha value is -1.96. The topological polar surface area (TPSA) is 114 Å². The molecule has 3 N–H and O–H groups in total. The highest BCUT2D eigenvalue weighted by Gasteiger charge is 2.46. The number of piperidine rings is 1. The van der Waals surface area contributed by atoms with Crippen LogP contribution in [-0.2, 0) is 16.0 Å². The van der Waals surface area contributed by atoms with Crippen LogP contribution >= 0.6 is 0 Å². The third-order valence-electron chi connectivity index (χ3n) is 5.43. The van der Waals surface area contributed by atoms with Gasteiger partial charge in [-0.1, -0.05) is 6.42 Å². The fourth-order valence-corrected chi connectivity index (χ4v) is 4.23. The summed E-state index contributed by atoms with van der Waals surface area (Å²) in [6.45, 7) is 1.54. The molecule has 1 aromatic heterocycles. The smallest absolute Gasteiger partial charge is 0.274 e. The molecule has 132 valence electrons. The number of anilines is 1. The van der Waals surface area contributed by atoms with E-state index in [0.29, 0.717) is 0 Å². The summed E-state index contributed by atoms with van der Waals surface area (Å²) in [7, 11) is 1.77. The molecule has 1 aliphatic carbocycles. The van der Waals surface area contributed by atoms with Gasteiger partial charge in [-0.15, -0.1) is 10.2 Å². The number of rotatable bonds is 4. The molecule has 1 amide bonds. The van der Waals surface area contributed by atoms with Gasteiger partial charge < -0.3 is 15.4 Å². The highest BCUT2D eigenvalue weighted by atomic mass is 16.5. The van der Waals surface area contributed by atoms with Gasteiger partial charge in [0.05, 0.1) is 6.10 Å². The summed E-state index contributed by atoms with van der Waals surface area (Å²) in [5.74, 6) is 0.0498. The molecule has 1 aromatic rings. The highest BCUT2D eigenvalue weighted by Crippen LogP contribution is 2.46. The number of nitrogen functional groups attached to an aromatic ring is 1. The number of nitrogens with two attached hydrogens (primary N) is 1. The van der Waals surface area contributed by atoms with E-state index in [-0.39, 0.29) is 47.5 Å². The minimum atomic E-state index is -0.374. The molecular weight excluding hydrogens is 310 g/mol. The minimum absolute atomic E-state index is 0.0140. The van der Waals surface area contributed by atoms with Crippen molar-refractivity contribution in [2.24, 2.45) is 5.41 Å². The molecule has 2 fully saturated rings. The Morgan fingerprint density at radius 2 is 2.21 bits per heavy atom. The zero-order valence-electron chi connectivity index (χ0n) is 14.1. The van der Waals surface area contributed by atoms with Crippen LogP contribution in [0.2, 0.25) is 0 Å². The van der Waals surface area contributed by atoms with Crippen LogP contribution in [-0.4, -0.2) is 52.3 Å². The number of aromatic amines is 1. The predicted octanol–water partition coefficient (Wildman–Crippen LogP) is 0.487. The number of hydrogen-bond acceptors (Lipinski definition) is 6. The third kappa shape index (κ3) is 3.28. The molecule has 0 radical (unpaired) electrons. The molecule has 8 nitrogen and oxygen atoms in total. The van der Waals surface area contributed by atoms with E-state index in [2.05, 4.69) is 15.2 Å². The molecule has 1 saturated carbocycles. The second kappa shape index (κ2) is 6.88. The molecule has 3 rings (SSSR count). The maximum absolute atomic E-state index is 12.6. The molecule has 0 unspecified atom stereocenters. The Morgan fingerprint density at radius 3 is 2.96 bits per heavy atom. The fraction of sp³-hybridized carbons (Fsp3) is 0.750. The molecule has 24 heavy (non-hydrogen) atoms. The van der Waals surface area contributed by atoms with Gasteiger partial charge in [0, 0.05) is 38.5 Å². The van der Waals surface area contributed by atoms with Crippen LogP contribution in [0.4, 0.5) is 5.95 Å². The van der Waals surface area contributed by atoms with Crippen molar-refractivity contribution in [3.63, 3.8) is 0 Å². The van der Waals surface area contributed by atoms with Gasteiger partial charge in [0.25, 0.3) is 5.56 Å². The van der Waals surface area contributed by atoms with Crippen LogP contribution in [0.5, 0.6) is 0 Å². The summed E-state index contributed by atoms with van der Waals surface area (Å²) in [6.07, 6.45) is 6.28. The van der Waals surface area contributed by atoms with E-state index in [1.54, 1.807) is 7.11 Å². The number of hydrogen-bond donors (Lipinski definition) is 2. The van der Waals surface area contributed by atoms with Crippen molar-refractivity contribution in [2.45, 2.75) is 51.0 Å². The quantitative estimate of drug-likeness (QED) is 0.827. The summed E-state index contributed by atoms with van der Waals surface area (Å²) in [4.78, 5) is 28.7. The summed E-state index contributed by atoms with van der Waals surface area (Å²) in [5.41, 5.74) is 5.36. The summed E-state index contributed by atoms with van der Waals surface area (Å²) < 4.78 is 5.68. The Morgan fingerprint density at radius 1 is 1.42 bits per heavy atom. The Bertz CT molecular complexity index is 661. The number of nitrogens with one attached hydrogen (secondary N) is 1. The van der Waals surface area contributed by atoms with Crippen molar-refractivity contribution in [2.75, 3.05) is 25.9 Å². The molecule has 2 heterocycles. The lowest BCUT2D eigenvalue weighted by Gasteiger charge is -2.43. The molecule has 0 bridgehead atoms. The fourth-order valence-electron chi connectivity index (χ4n) is 4.23. The summed E-state index contributed by atoms with van der Waals surface area (Å²) in [5, 5.41) is 7.42. The van der Waals surface area contributed by atoms with Gasteiger partial charge in [0.15, 0.2) is 0 Å². The number of H-pyrrole nitrogens is 1. The molecule has 8 heteroatoms. The van der Waals surface area contributed by atoms with Crippen LogP contribution in [0.3, 0.4) is 0 Å². The van der Waals surface area contributed by atoms with Gasteiger partial charge in [-0.2, -0.15) is 0 Å². The number of methoxy groups -OCH3 is 1. The number of ether oxygens (including phenoxy) is 1. The standard InChI is InChI=1S/C16H25N5O3/c1-24-12-4-2-7-16(12)8-3-9-21(10-16)13(22)6-5-11-14(23)18-15(17)20-19-11/h12H,2-10H2,1H3,(H3,17,18,20,23)/t12-,16+/m1/s1. The Kier molecular flexibility index (Phi) is 4.84. The van der Waals surface area contributed by atoms with Crippen molar-refractivity contribution in [1.29, 1.82) is 0 Å². The number of likely N-dealkylation sites (tertiary alicyclic amines) is 1. The Labute approximate surface area is 140 Å². The van der Waals surface area contributed by atoms with Gasteiger partial charge in [0.2, 0.25) is 11.9 Å². The van der Waals surface area contributed by atoms with Gasteiger partial charge in [-0.25, -0.2) is 0 Å². The minimum Gasteiger partial charge on any atom is -0.381 e. The second-order valence-electron chi connectivity index (χ2n) is 6.88. The summed E-state index contributed by atoms with van der Waals surface area (Å²) in [6, 6.07) is 0. The van der Waals surface area contributed by atoms with Crippen molar-refractivity contribution < 1.29 is 9.53 Å². The Balaban J connectivity index is 1.61. The average molecular weight is 335 g/mol. The van der Waals surface area contributed by atoms with Crippen molar-refractivity contribution in [3.05, 3.63) is 16.0 Å². The molecule has 1 saturated heterocycles. The largest absolute Gasteiger partial charge is 0.381 e. The van der Waals surface area contributed by atoms with E-state index in [4.69, 9.17) is 10.5 Å². The molecule has 1 spiro atoms. The molecule has 1 aliphatic heterocycles. The van der Waals surface area contributed by atoms with Crippen LogP contribution < -0.4 is 11.3 Å². The van der Waals surface area contributed by atoms with Crippen LogP contribution in [0.25, 0.3) is 0 Å². The first-order chi connectivity index (χ1) is 11.5. The van der Waals surface area contributed by atoms with E-state index in [0.717, 1.165) is 45.2 Å². The van der Waals surface area contributed by atoms with E-state index >= 15 is 0 Å². The number of carbonyl (C=O) groups excluding carboxylic acids is 1. The number of aromatic nitrogens is 3. The van der Waals surface area contributed by atoms with E-state index in [1.807, 2.05) is 4.90 Å². The maximum atomic E-state index is 12.6. The van der Waals surface area contributed by atoms with E-state index < -0.39 is 0 Å². The SMILES string of the molecule is CO[C@@H]1CCC[C@@]12CCCN(C(=O)CCc1nnc(N)[nH]c1=O)C2. The van der Waals surface area contributed by atoms with Gasteiger partial charge in [-0.05, 0) is 25.7 Å². The van der Waals surface area contributed by atoms with Crippen molar-refractivity contribution >= 4 is 11.9 Å². The zero-order chi connectivity index (χ0) is 17.2. The first kappa shape index (κ1) is 16.9. The first-order valence-electron chi connectivity index (χ1n) is 8.56. The van der Waals surface area contributed by atoms with E-state index in [9.17, 15) is 9.59 Å². The lowest BCUT2D eigenvalue weighted by molar-refractivity contribution is -0.137. The van der Waals surface area contributed by atoms with Gasteiger partial charge >= 0.3 is 0 Å². The number of nitrogens with zero attached hydrogens (tertiary/aromatic N) is 3. The normalized spacial score (nSPS) is 26.9. The lowest BCUT2D eigenvalue weighted by atomic mass is 9.76. The highest BCUT2D eigenvalue weighted by molar-refractivity contribution is 5.76. The van der Waals surface area contributed by atoms with Crippen molar-refractivity contribution in [3.8, 4) is 0 Å². The van der Waals surface area contributed by atoms with Crippen molar-refractivity contribution in [1.82, 2.24) is 20.1 Å². The lowest BCUT2D eigenvalue weighted by Crippen LogP contribution is -2.49. The monoisotopic (exact) mass is 335 g/mol. The zero-order valence-corrected chi connectivity index (χ0v) is 14.1. The van der Waals surface area contributed by atoms with Gasteiger partial charge in [-0.3, -0.25) is 14.6 Å². The number of carbonyl (C=O) groups is 1. The molecule has 2 aliphatic rings. The first-order valence-corrected chi connectivity index (χ1v) is 8.56. The third-order valence-corrected chi connectivity index (χ3v) is 5.43. The summed E-state index contributed by atoms with van der Waals surface area (Å²) >= 11 is 0. The predicted molar refractivity (Wildman–Crippen MR) is 88.3 cm³/mol. The van der Waals surface area contributed by atoms with Crippen LogP contribution in [0, 0.1) is 5.41 Å². The van der Waals surface area contributed by atoms with E-state index in [1.165, 1.54) is 0 Å². The number of amides is 1. The number of aryl methyl sites for hydroxylation is 1.